The Morgan fingerprint density at radius 1 is 1.26 bits per heavy atom. The number of aromatic nitrogens is 3. The van der Waals surface area contributed by atoms with Gasteiger partial charge in [-0.1, -0.05) is 6.92 Å². The van der Waals surface area contributed by atoms with Gasteiger partial charge in [-0.05, 0) is 51.0 Å². The number of amides is 2. The van der Waals surface area contributed by atoms with Gasteiger partial charge in [-0.3, -0.25) is 14.7 Å². The highest BCUT2D eigenvalue weighted by Crippen LogP contribution is 2.41. The molecular weight excluding hydrogens is 510 g/mol. The van der Waals surface area contributed by atoms with Crippen LogP contribution in [-0.2, 0) is 4.79 Å². The van der Waals surface area contributed by atoms with Gasteiger partial charge < -0.3 is 20.1 Å². The number of nitrogens with one attached hydrogen (secondary N) is 2. The molecule has 0 aromatic carbocycles. The molecule has 1 aliphatic heterocycles. The lowest BCUT2D eigenvalue weighted by atomic mass is 9.81. The van der Waals surface area contributed by atoms with Crippen molar-refractivity contribution in [1.29, 1.82) is 0 Å². The van der Waals surface area contributed by atoms with Crippen molar-refractivity contribution in [3.8, 4) is 17.1 Å². The van der Waals surface area contributed by atoms with Gasteiger partial charge in [0.1, 0.15) is 0 Å². The number of carbonyl (C=O) groups excluding carboxylic acids is 2. The van der Waals surface area contributed by atoms with Crippen molar-refractivity contribution in [2.45, 2.75) is 75.7 Å². The van der Waals surface area contributed by atoms with Gasteiger partial charge in [-0.25, -0.2) is 9.37 Å². The Kier molecular flexibility index (Phi) is 7.96. The largest absolute Gasteiger partial charge is 0.481 e. The smallest absolute Gasteiger partial charge is 0.417 e. The number of pyridine rings is 1. The number of likely N-dealkylation sites (tertiary alicyclic amines) is 1. The number of piperidine rings is 1. The van der Waals surface area contributed by atoms with Gasteiger partial charge in [0.15, 0.2) is 17.1 Å². The van der Waals surface area contributed by atoms with Crippen LogP contribution in [0.1, 0.15) is 62.4 Å². The van der Waals surface area contributed by atoms with E-state index in [4.69, 9.17) is 4.74 Å². The van der Waals surface area contributed by atoms with Crippen molar-refractivity contribution in [2.24, 2.45) is 5.92 Å². The molecule has 2 aromatic rings. The van der Waals surface area contributed by atoms with E-state index in [1.807, 2.05) is 6.92 Å². The van der Waals surface area contributed by atoms with Crippen LogP contribution in [0, 0.1) is 11.7 Å². The minimum absolute atomic E-state index is 0.0434. The van der Waals surface area contributed by atoms with Crippen molar-refractivity contribution in [3.63, 3.8) is 0 Å². The molecule has 1 saturated carbocycles. The molecule has 3 heterocycles. The van der Waals surface area contributed by atoms with Crippen LogP contribution in [0.3, 0.4) is 0 Å². The van der Waals surface area contributed by atoms with E-state index in [0.717, 1.165) is 6.20 Å². The maximum absolute atomic E-state index is 14.3. The van der Waals surface area contributed by atoms with Gasteiger partial charge in [0.25, 0.3) is 5.91 Å². The van der Waals surface area contributed by atoms with E-state index < -0.39 is 36.5 Å². The van der Waals surface area contributed by atoms with Crippen molar-refractivity contribution in [1.82, 2.24) is 25.4 Å². The van der Waals surface area contributed by atoms with Gasteiger partial charge >= 0.3 is 6.18 Å². The van der Waals surface area contributed by atoms with E-state index >= 15 is 0 Å². The molecule has 2 amide bonds. The fourth-order valence-electron chi connectivity index (χ4n) is 5.24. The summed E-state index contributed by atoms with van der Waals surface area (Å²) in [6.45, 7) is 2.20. The molecule has 0 spiro atoms. The van der Waals surface area contributed by atoms with Crippen LogP contribution >= 0.6 is 0 Å². The molecule has 1 unspecified atom stereocenters. The highest BCUT2D eigenvalue weighted by Gasteiger charge is 2.54. The number of ether oxygens (including phenoxy) is 1. The van der Waals surface area contributed by atoms with E-state index in [-0.39, 0.29) is 53.8 Å². The maximum atomic E-state index is 14.3. The molecule has 4 rings (SSSR count). The summed E-state index contributed by atoms with van der Waals surface area (Å²) in [7, 11) is 1.41. The normalized spacial score (nSPS) is 26.2. The van der Waals surface area contributed by atoms with Crippen molar-refractivity contribution >= 4 is 11.8 Å². The Morgan fingerprint density at radius 3 is 2.61 bits per heavy atom. The third-order valence-corrected chi connectivity index (χ3v) is 7.63. The van der Waals surface area contributed by atoms with E-state index in [9.17, 15) is 32.3 Å². The van der Waals surface area contributed by atoms with Crippen LogP contribution in [0.5, 0.6) is 5.88 Å². The molecule has 13 heteroatoms. The summed E-state index contributed by atoms with van der Waals surface area (Å²) < 4.78 is 58.5. The summed E-state index contributed by atoms with van der Waals surface area (Å²) in [5.41, 5.74) is -2.15. The highest BCUT2D eigenvalue weighted by molar-refractivity contribution is 5.94. The average Bonchev–Trinajstić information content (AvgIpc) is 3.39. The number of methoxy groups -OCH3 is 1. The number of hydrogen-bond acceptors (Lipinski definition) is 6. The number of nitrogens with zero attached hydrogens (tertiary/aromatic N) is 3. The molecule has 0 bridgehead atoms. The number of H-pyrrole nitrogens is 1. The number of halogens is 4. The first-order valence-corrected chi connectivity index (χ1v) is 12.6. The SMILES string of the molecule is CCC1C[C@@H](C(=O)NC2CCC(O)(C(F)(F)F)CC2)CCN1C(=O)c1cc(-c2cc(OC)ncc2F)[nH]n1. The van der Waals surface area contributed by atoms with Crippen molar-refractivity contribution in [3.05, 3.63) is 29.8 Å². The number of carbonyl (C=O) groups is 2. The molecular formula is C25H31F4N5O4. The summed E-state index contributed by atoms with van der Waals surface area (Å²) in [5.74, 6) is -1.38. The van der Waals surface area contributed by atoms with E-state index in [2.05, 4.69) is 20.5 Å². The summed E-state index contributed by atoms with van der Waals surface area (Å²) in [5, 5.41) is 19.4. The standard InChI is InChI=1S/C25H31F4N5O4/c1-3-16-10-14(22(35)31-15-4-7-24(37,8-5-15)25(27,28)29)6-9-34(16)23(36)20-12-19(32-33-20)17-11-21(38-2)30-13-18(17)26/h11-16,37H,3-10H2,1-2H3,(H,31,35)(H,32,33)/t14-,15?,16?,24?/m0/s1. The molecule has 9 nitrogen and oxygen atoms in total. The first kappa shape index (κ1) is 27.8. The molecule has 1 saturated heterocycles. The topological polar surface area (TPSA) is 120 Å². The third kappa shape index (κ3) is 5.62. The van der Waals surface area contributed by atoms with Gasteiger partial charge in [0.05, 0.1) is 19.0 Å². The summed E-state index contributed by atoms with van der Waals surface area (Å²) >= 11 is 0. The van der Waals surface area contributed by atoms with E-state index in [0.29, 0.717) is 31.5 Å². The molecule has 2 fully saturated rings. The number of alkyl halides is 3. The second-order valence-electron chi connectivity index (χ2n) is 9.97. The van der Waals surface area contributed by atoms with Gasteiger partial charge in [-0.15, -0.1) is 0 Å². The zero-order valence-corrected chi connectivity index (χ0v) is 21.1. The predicted molar refractivity (Wildman–Crippen MR) is 128 cm³/mol. The second-order valence-corrected chi connectivity index (χ2v) is 9.97. The Morgan fingerprint density at radius 2 is 1.97 bits per heavy atom. The van der Waals surface area contributed by atoms with Crippen molar-refractivity contribution in [2.75, 3.05) is 13.7 Å². The number of aromatic amines is 1. The Labute approximate surface area is 217 Å². The van der Waals surface area contributed by atoms with E-state index in [1.54, 1.807) is 4.90 Å². The van der Waals surface area contributed by atoms with Crippen LogP contribution in [0.25, 0.3) is 11.3 Å². The first-order chi connectivity index (χ1) is 18.0. The lowest BCUT2D eigenvalue weighted by Crippen LogP contribution is -2.53. The second kappa shape index (κ2) is 10.9. The monoisotopic (exact) mass is 541 g/mol. The first-order valence-electron chi connectivity index (χ1n) is 12.6. The number of aliphatic hydroxyl groups is 1. The van der Waals surface area contributed by atoms with E-state index in [1.165, 1.54) is 19.2 Å². The Hall–Kier alpha value is -3.22. The average molecular weight is 542 g/mol. The van der Waals surface area contributed by atoms with Gasteiger partial charge in [0.2, 0.25) is 11.8 Å². The number of rotatable bonds is 6. The molecule has 2 aromatic heterocycles. The minimum atomic E-state index is -4.69. The molecule has 2 atom stereocenters. The molecule has 0 radical (unpaired) electrons. The van der Waals surface area contributed by atoms with Crippen LogP contribution in [0.2, 0.25) is 0 Å². The van der Waals surface area contributed by atoms with Crippen molar-refractivity contribution < 1.29 is 37.0 Å². The zero-order valence-electron chi connectivity index (χ0n) is 21.1. The molecule has 208 valence electrons. The Bertz CT molecular complexity index is 1160. The fraction of sp³-hybridized carbons (Fsp3) is 0.600. The summed E-state index contributed by atoms with van der Waals surface area (Å²) in [6, 6.07) is 2.18. The van der Waals surface area contributed by atoms with Crippen LogP contribution < -0.4 is 10.1 Å². The minimum Gasteiger partial charge on any atom is -0.481 e. The quantitative estimate of drug-likeness (QED) is 0.481. The molecule has 3 N–H and O–H groups in total. The third-order valence-electron chi connectivity index (χ3n) is 7.63. The number of hydrogen-bond donors (Lipinski definition) is 3. The summed E-state index contributed by atoms with van der Waals surface area (Å²) in [6.07, 6.45) is -3.11. The molecule has 1 aliphatic carbocycles. The lowest BCUT2D eigenvalue weighted by Gasteiger charge is -2.40. The zero-order chi connectivity index (χ0) is 27.7. The van der Waals surface area contributed by atoms with Crippen LogP contribution in [0.15, 0.2) is 18.3 Å². The van der Waals surface area contributed by atoms with Crippen LogP contribution in [0.4, 0.5) is 17.6 Å². The fourth-order valence-corrected chi connectivity index (χ4v) is 5.24. The highest BCUT2D eigenvalue weighted by atomic mass is 19.4. The predicted octanol–water partition coefficient (Wildman–Crippen LogP) is 3.60. The van der Waals surface area contributed by atoms with Gasteiger partial charge in [0, 0.05) is 36.2 Å². The molecule has 2 aliphatic rings. The molecule has 38 heavy (non-hydrogen) atoms. The summed E-state index contributed by atoms with van der Waals surface area (Å²) in [4.78, 5) is 31.6. The van der Waals surface area contributed by atoms with Crippen LogP contribution in [-0.4, -0.2) is 74.5 Å². The van der Waals surface area contributed by atoms with Gasteiger partial charge in [-0.2, -0.15) is 18.3 Å². The lowest BCUT2D eigenvalue weighted by molar-refractivity contribution is -0.270. The Balaban J connectivity index is 1.36. The maximum Gasteiger partial charge on any atom is 0.417 e.